The minimum absolute atomic E-state index is 0.179. The van der Waals surface area contributed by atoms with Gasteiger partial charge in [-0.3, -0.25) is 4.79 Å². The Morgan fingerprint density at radius 2 is 1.72 bits per heavy atom. The van der Waals surface area contributed by atoms with Crippen molar-refractivity contribution in [1.29, 1.82) is 0 Å². The van der Waals surface area contributed by atoms with Gasteiger partial charge in [-0.25, -0.2) is 4.79 Å². The minimum Gasteiger partial charge on any atom is -0.493 e. The van der Waals surface area contributed by atoms with Crippen LogP contribution in [0.15, 0.2) is 18.2 Å². The molecule has 0 spiro atoms. The molecule has 1 aliphatic carbocycles. The first-order valence-electron chi connectivity index (χ1n) is 8.83. The molecule has 1 aromatic carbocycles. The number of amides is 1. The molecule has 0 aliphatic heterocycles. The molecule has 1 fully saturated rings. The zero-order chi connectivity index (χ0) is 18.1. The number of carbonyl (C=O) groups excluding carboxylic acids is 2. The van der Waals surface area contributed by atoms with E-state index in [1.807, 2.05) is 0 Å². The first-order valence-corrected chi connectivity index (χ1v) is 8.83. The van der Waals surface area contributed by atoms with Crippen molar-refractivity contribution < 1.29 is 23.8 Å². The van der Waals surface area contributed by atoms with Crippen LogP contribution in [0, 0.1) is 0 Å². The van der Waals surface area contributed by atoms with Crippen LogP contribution in [0.4, 0.5) is 0 Å². The molecule has 0 unspecified atom stereocenters. The fraction of sp³-hybridized carbons (Fsp3) is 0.579. The molecular formula is C19H27NO5. The largest absolute Gasteiger partial charge is 0.493 e. The summed E-state index contributed by atoms with van der Waals surface area (Å²) >= 11 is 0. The lowest BCUT2D eigenvalue weighted by Gasteiger charge is -2.21. The Balaban J connectivity index is 1.87. The molecular weight excluding hydrogens is 322 g/mol. The minimum atomic E-state index is -0.608. The summed E-state index contributed by atoms with van der Waals surface area (Å²) in [5, 5.41) is 2.97. The molecule has 0 bridgehead atoms. The lowest BCUT2D eigenvalue weighted by molar-refractivity contribution is -0.125. The molecule has 0 radical (unpaired) electrons. The van der Waals surface area contributed by atoms with Gasteiger partial charge in [0.1, 0.15) is 5.56 Å². The van der Waals surface area contributed by atoms with Crippen molar-refractivity contribution in [1.82, 2.24) is 5.32 Å². The average Bonchev–Trinajstić information content (AvgIpc) is 2.61. The predicted octanol–water partition coefficient (Wildman–Crippen LogP) is 3.09. The standard InChI is InChI=1S/C19H27NO5/c1-23-16-12-8-11-15(18(16)24-2)19(22)25-13-17(21)20-14-9-6-4-3-5-7-10-14/h8,11-12,14H,3-7,9-10,13H2,1-2H3,(H,20,21). The third kappa shape index (κ3) is 5.66. The second-order valence-corrected chi connectivity index (χ2v) is 6.23. The number of nitrogens with one attached hydrogen (secondary N) is 1. The van der Waals surface area contributed by atoms with Gasteiger partial charge < -0.3 is 19.5 Å². The van der Waals surface area contributed by atoms with Crippen molar-refractivity contribution in [2.75, 3.05) is 20.8 Å². The highest BCUT2D eigenvalue weighted by Gasteiger charge is 2.20. The molecule has 2 rings (SSSR count). The lowest BCUT2D eigenvalue weighted by atomic mass is 9.97. The summed E-state index contributed by atoms with van der Waals surface area (Å²) in [6.45, 7) is -0.296. The van der Waals surface area contributed by atoms with E-state index in [2.05, 4.69) is 5.32 Å². The highest BCUT2D eigenvalue weighted by atomic mass is 16.5. The van der Waals surface area contributed by atoms with Crippen LogP contribution >= 0.6 is 0 Å². The topological polar surface area (TPSA) is 73.9 Å². The number of ether oxygens (including phenoxy) is 3. The summed E-state index contributed by atoms with van der Waals surface area (Å²) in [6.07, 6.45) is 7.96. The normalized spacial score (nSPS) is 15.6. The summed E-state index contributed by atoms with van der Waals surface area (Å²) < 4.78 is 15.5. The van der Waals surface area contributed by atoms with Gasteiger partial charge in [0, 0.05) is 6.04 Å². The zero-order valence-electron chi connectivity index (χ0n) is 15.0. The van der Waals surface area contributed by atoms with Gasteiger partial charge in [0.15, 0.2) is 18.1 Å². The van der Waals surface area contributed by atoms with Crippen LogP contribution in [0.3, 0.4) is 0 Å². The van der Waals surface area contributed by atoms with Crippen LogP contribution in [0.5, 0.6) is 11.5 Å². The molecule has 138 valence electrons. The van der Waals surface area contributed by atoms with Crippen molar-refractivity contribution >= 4 is 11.9 Å². The number of hydrogen-bond acceptors (Lipinski definition) is 5. The number of hydrogen-bond donors (Lipinski definition) is 1. The summed E-state index contributed by atoms with van der Waals surface area (Å²) in [5.74, 6) is -0.129. The van der Waals surface area contributed by atoms with E-state index in [0.29, 0.717) is 11.5 Å². The lowest BCUT2D eigenvalue weighted by Crippen LogP contribution is -2.38. The van der Waals surface area contributed by atoms with E-state index < -0.39 is 5.97 Å². The molecule has 6 heteroatoms. The first kappa shape index (κ1) is 19.1. The van der Waals surface area contributed by atoms with Gasteiger partial charge in [-0.2, -0.15) is 0 Å². The van der Waals surface area contributed by atoms with Crippen LogP contribution in [0.25, 0.3) is 0 Å². The van der Waals surface area contributed by atoms with Crippen molar-refractivity contribution in [2.45, 2.75) is 51.0 Å². The molecule has 1 amide bonds. The summed E-state index contributed by atoms with van der Waals surface area (Å²) in [5.41, 5.74) is 0.237. The Hall–Kier alpha value is -2.24. The van der Waals surface area contributed by atoms with Crippen molar-refractivity contribution in [3.8, 4) is 11.5 Å². The van der Waals surface area contributed by atoms with Gasteiger partial charge in [-0.05, 0) is 25.0 Å². The van der Waals surface area contributed by atoms with E-state index in [1.54, 1.807) is 18.2 Å². The van der Waals surface area contributed by atoms with Crippen LogP contribution in [-0.2, 0) is 9.53 Å². The molecule has 1 N–H and O–H groups in total. The Morgan fingerprint density at radius 3 is 2.36 bits per heavy atom. The van der Waals surface area contributed by atoms with E-state index >= 15 is 0 Å². The van der Waals surface area contributed by atoms with Gasteiger partial charge >= 0.3 is 5.97 Å². The first-order chi connectivity index (χ1) is 12.2. The van der Waals surface area contributed by atoms with Crippen LogP contribution < -0.4 is 14.8 Å². The molecule has 0 atom stereocenters. The monoisotopic (exact) mass is 349 g/mol. The van der Waals surface area contributed by atoms with E-state index in [9.17, 15) is 9.59 Å². The van der Waals surface area contributed by atoms with Gasteiger partial charge in [-0.15, -0.1) is 0 Å². The van der Waals surface area contributed by atoms with Gasteiger partial charge in [0.2, 0.25) is 0 Å². The summed E-state index contributed by atoms with van der Waals surface area (Å²) in [7, 11) is 2.95. The third-order valence-electron chi connectivity index (χ3n) is 4.43. The van der Waals surface area contributed by atoms with Gasteiger partial charge in [0.05, 0.1) is 14.2 Å². The molecule has 0 aromatic heterocycles. The van der Waals surface area contributed by atoms with Gasteiger partial charge in [-0.1, -0.05) is 38.2 Å². The van der Waals surface area contributed by atoms with E-state index in [-0.39, 0.29) is 24.1 Å². The van der Waals surface area contributed by atoms with E-state index in [4.69, 9.17) is 14.2 Å². The average molecular weight is 349 g/mol. The Morgan fingerprint density at radius 1 is 1.04 bits per heavy atom. The number of carbonyl (C=O) groups is 2. The zero-order valence-corrected chi connectivity index (χ0v) is 15.0. The molecule has 1 aliphatic rings. The Labute approximate surface area is 148 Å². The SMILES string of the molecule is COc1cccc(C(=O)OCC(=O)NC2CCCCCCC2)c1OC. The maximum atomic E-state index is 12.3. The fourth-order valence-corrected chi connectivity index (χ4v) is 3.13. The molecule has 1 saturated carbocycles. The Kier molecular flexibility index (Phi) is 7.57. The number of benzene rings is 1. The second-order valence-electron chi connectivity index (χ2n) is 6.23. The van der Waals surface area contributed by atoms with Crippen LogP contribution in [0.2, 0.25) is 0 Å². The van der Waals surface area contributed by atoms with E-state index in [0.717, 1.165) is 25.7 Å². The molecule has 0 heterocycles. The van der Waals surface area contributed by atoms with Crippen LogP contribution in [0.1, 0.15) is 55.3 Å². The van der Waals surface area contributed by atoms with Crippen molar-refractivity contribution in [3.05, 3.63) is 23.8 Å². The highest BCUT2D eigenvalue weighted by molar-refractivity contribution is 5.95. The third-order valence-corrected chi connectivity index (χ3v) is 4.43. The highest BCUT2D eigenvalue weighted by Crippen LogP contribution is 2.31. The molecule has 6 nitrogen and oxygen atoms in total. The Bertz CT molecular complexity index is 579. The molecule has 25 heavy (non-hydrogen) atoms. The summed E-state index contributed by atoms with van der Waals surface area (Å²) in [4.78, 5) is 24.3. The second kappa shape index (κ2) is 9.91. The number of esters is 1. The van der Waals surface area contributed by atoms with Crippen molar-refractivity contribution in [2.24, 2.45) is 0 Å². The smallest absolute Gasteiger partial charge is 0.342 e. The fourth-order valence-electron chi connectivity index (χ4n) is 3.13. The van der Waals surface area contributed by atoms with Crippen molar-refractivity contribution in [3.63, 3.8) is 0 Å². The number of methoxy groups -OCH3 is 2. The molecule has 1 aromatic rings. The number of rotatable bonds is 6. The summed E-state index contributed by atoms with van der Waals surface area (Å²) in [6, 6.07) is 5.12. The number of para-hydroxylation sites is 1. The van der Waals surface area contributed by atoms with Crippen LogP contribution in [-0.4, -0.2) is 38.7 Å². The quantitative estimate of drug-likeness (QED) is 0.799. The maximum absolute atomic E-state index is 12.3. The predicted molar refractivity (Wildman–Crippen MR) is 94.1 cm³/mol. The molecule has 0 saturated heterocycles. The maximum Gasteiger partial charge on any atom is 0.342 e. The van der Waals surface area contributed by atoms with Gasteiger partial charge in [0.25, 0.3) is 5.91 Å². The van der Waals surface area contributed by atoms with E-state index in [1.165, 1.54) is 33.5 Å².